The molecule has 0 fully saturated rings. The molecule has 0 amide bonds. The Kier molecular flexibility index (Phi) is 4.26. The van der Waals surface area contributed by atoms with Gasteiger partial charge in [0.05, 0.1) is 24.5 Å². The second-order valence-corrected chi connectivity index (χ2v) is 6.41. The van der Waals surface area contributed by atoms with Crippen molar-refractivity contribution in [3.63, 3.8) is 0 Å². The van der Waals surface area contributed by atoms with Gasteiger partial charge >= 0.3 is 0 Å². The van der Waals surface area contributed by atoms with Crippen LogP contribution in [-0.4, -0.2) is 16.9 Å². The van der Waals surface area contributed by atoms with Crippen molar-refractivity contribution in [1.29, 1.82) is 0 Å². The lowest BCUT2D eigenvalue weighted by atomic mass is 9.86. The predicted molar refractivity (Wildman–Crippen MR) is 86.9 cm³/mol. The molecule has 0 saturated carbocycles. The first-order chi connectivity index (χ1) is 9.82. The summed E-state index contributed by atoms with van der Waals surface area (Å²) >= 11 is 0. The molecule has 2 rings (SSSR count). The molecule has 4 heteroatoms. The van der Waals surface area contributed by atoms with Crippen LogP contribution in [0.3, 0.4) is 0 Å². The minimum absolute atomic E-state index is 0.110. The van der Waals surface area contributed by atoms with E-state index < -0.39 is 0 Å². The number of aryl methyl sites for hydroxylation is 1. The van der Waals surface area contributed by atoms with Crippen LogP contribution in [0.5, 0.6) is 5.75 Å². The molecule has 1 aromatic carbocycles. The monoisotopic (exact) mass is 287 g/mol. The number of anilines is 1. The summed E-state index contributed by atoms with van der Waals surface area (Å²) in [5.41, 5.74) is 3.54. The van der Waals surface area contributed by atoms with Crippen molar-refractivity contribution in [3.8, 4) is 5.75 Å². The van der Waals surface area contributed by atoms with Crippen molar-refractivity contribution in [1.82, 2.24) is 9.78 Å². The maximum Gasteiger partial charge on any atom is 0.141 e. The Morgan fingerprint density at radius 3 is 2.48 bits per heavy atom. The Labute approximate surface area is 127 Å². The van der Waals surface area contributed by atoms with Crippen LogP contribution in [0.4, 0.5) is 5.69 Å². The molecule has 0 aliphatic carbocycles. The zero-order valence-corrected chi connectivity index (χ0v) is 13.8. The lowest BCUT2D eigenvalue weighted by Gasteiger charge is -2.23. The second kappa shape index (κ2) is 5.80. The lowest BCUT2D eigenvalue weighted by Crippen LogP contribution is -2.14. The third-order valence-electron chi connectivity index (χ3n) is 3.74. The fraction of sp³-hybridized carbons (Fsp3) is 0.471. The maximum atomic E-state index is 5.48. The summed E-state index contributed by atoms with van der Waals surface area (Å²) in [6, 6.07) is 8.50. The van der Waals surface area contributed by atoms with E-state index in [4.69, 9.17) is 4.74 Å². The standard InChI is InChI=1S/C17H25N3O/c1-12(15-9-10-18-20(15)5)19-14-11-13(17(2,3)4)7-8-16(14)21-6/h7-12,19H,1-6H3. The molecule has 0 radical (unpaired) electrons. The van der Waals surface area contributed by atoms with Crippen molar-refractivity contribution in [2.24, 2.45) is 7.05 Å². The summed E-state index contributed by atoms with van der Waals surface area (Å²) in [5, 5.41) is 7.76. The summed E-state index contributed by atoms with van der Waals surface area (Å²) in [7, 11) is 3.66. The van der Waals surface area contributed by atoms with Crippen molar-refractivity contribution >= 4 is 5.69 Å². The summed E-state index contributed by atoms with van der Waals surface area (Å²) < 4.78 is 7.36. The van der Waals surface area contributed by atoms with Crippen molar-refractivity contribution in [3.05, 3.63) is 41.7 Å². The van der Waals surface area contributed by atoms with Crippen LogP contribution in [0.2, 0.25) is 0 Å². The van der Waals surface area contributed by atoms with Crippen LogP contribution < -0.4 is 10.1 Å². The highest BCUT2D eigenvalue weighted by Crippen LogP contribution is 2.33. The van der Waals surface area contributed by atoms with Gasteiger partial charge in [0.15, 0.2) is 0 Å². The van der Waals surface area contributed by atoms with Crippen molar-refractivity contribution in [2.75, 3.05) is 12.4 Å². The van der Waals surface area contributed by atoms with Gasteiger partial charge < -0.3 is 10.1 Å². The van der Waals surface area contributed by atoms with Crippen LogP contribution in [0.25, 0.3) is 0 Å². The SMILES string of the molecule is COc1ccc(C(C)(C)C)cc1NC(C)c1ccnn1C. The molecule has 1 N–H and O–H groups in total. The Hall–Kier alpha value is -1.97. The van der Waals surface area contributed by atoms with E-state index in [0.29, 0.717) is 0 Å². The third kappa shape index (κ3) is 3.38. The van der Waals surface area contributed by atoms with Crippen LogP contribution >= 0.6 is 0 Å². The molecular formula is C17H25N3O. The fourth-order valence-corrected chi connectivity index (χ4v) is 2.40. The number of aromatic nitrogens is 2. The molecule has 114 valence electrons. The number of nitrogens with zero attached hydrogens (tertiary/aromatic N) is 2. The average molecular weight is 287 g/mol. The van der Waals surface area contributed by atoms with Crippen LogP contribution in [0.15, 0.2) is 30.5 Å². The zero-order valence-electron chi connectivity index (χ0n) is 13.8. The molecule has 1 atom stereocenters. The summed E-state index contributed by atoms with van der Waals surface area (Å²) in [6.07, 6.45) is 1.82. The highest BCUT2D eigenvalue weighted by Gasteiger charge is 2.17. The van der Waals surface area contributed by atoms with E-state index in [1.54, 1.807) is 7.11 Å². The van der Waals surface area contributed by atoms with E-state index in [1.807, 2.05) is 30.1 Å². The zero-order chi connectivity index (χ0) is 15.6. The largest absolute Gasteiger partial charge is 0.495 e. The fourth-order valence-electron chi connectivity index (χ4n) is 2.40. The normalized spacial score (nSPS) is 13.0. The molecule has 21 heavy (non-hydrogen) atoms. The van der Waals surface area contributed by atoms with E-state index in [9.17, 15) is 0 Å². The van der Waals surface area contributed by atoms with Gasteiger partial charge in [-0.3, -0.25) is 4.68 Å². The van der Waals surface area contributed by atoms with Crippen molar-refractivity contribution < 1.29 is 4.74 Å². The molecule has 2 aromatic rings. The highest BCUT2D eigenvalue weighted by atomic mass is 16.5. The first-order valence-electron chi connectivity index (χ1n) is 7.26. The van der Waals surface area contributed by atoms with Crippen LogP contribution in [-0.2, 0) is 12.5 Å². The van der Waals surface area contributed by atoms with E-state index >= 15 is 0 Å². The van der Waals surface area contributed by atoms with Gasteiger partial charge in [-0.15, -0.1) is 0 Å². The van der Waals surface area contributed by atoms with Gasteiger partial charge in [0, 0.05) is 13.2 Å². The molecule has 1 unspecified atom stereocenters. The van der Waals surface area contributed by atoms with E-state index in [-0.39, 0.29) is 11.5 Å². The molecule has 0 aliphatic rings. The van der Waals surface area contributed by atoms with Gasteiger partial charge in [-0.2, -0.15) is 5.10 Å². The van der Waals surface area contributed by atoms with E-state index in [1.165, 1.54) is 5.56 Å². The first-order valence-corrected chi connectivity index (χ1v) is 7.26. The minimum Gasteiger partial charge on any atom is -0.495 e. The first kappa shape index (κ1) is 15.4. The Bertz CT molecular complexity index is 611. The van der Waals surface area contributed by atoms with Gasteiger partial charge in [-0.25, -0.2) is 0 Å². The summed E-state index contributed by atoms with van der Waals surface area (Å²) in [6.45, 7) is 8.76. The van der Waals surface area contributed by atoms with Gasteiger partial charge in [0.2, 0.25) is 0 Å². The number of hydrogen-bond acceptors (Lipinski definition) is 3. The maximum absolute atomic E-state index is 5.48. The quantitative estimate of drug-likeness (QED) is 0.927. The molecule has 0 aliphatic heterocycles. The van der Waals surface area contributed by atoms with E-state index in [2.05, 4.69) is 50.2 Å². The Morgan fingerprint density at radius 1 is 1.24 bits per heavy atom. The number of nitrogens with one attached hydrogen (secondary N) is 1. The molecule has 0 bridgehead atoms. The van der Waals surface area contributed by atoms with Gasteiger partial charge in [-0.05, 0) is 36.1 Å². The Morgan fingerprint density at radius 2 is 1.95 bits per heavy atom. The number of hydrogen-bond donors (Lipinski definition) is 1. The number of ether oxygens (including phenoxy) is 1. The van der Waals surface area contributed by atoms with Gasteiger partial charge in [-0.1, -0.05) is 26.8 Å². The molecule has 1 heterocycles. The summed E-state index contributed by atoms with van der Waals surface area (Å²) in [5.74, 6) is 0.858. The smallest absolute Gasteiger partial charge is 0.141 e. The lowest BCUT2D eigenvalue weighted by molar-refractivity contribution is 0.415. The van der Waals surface area contributed by atoms with Crippen molar-refractivity contribution in [2.45, 2.75) is 39.2 Å². The van der Waals surface area contributed by atoms with E-state index in [0.717, 1.165) is 17.1 Å². The minimum atomic E-state index is 0.110. The number of rotatable bonds is 4. The number of methoxy groups -OCH3 is 1. The van der Waals surface area contributed by atoms with Gasteiger partial charge in [0.1, 0.15) is 5.75 Å². The molecule has 0 saturated heterocycles. The molecule has 0 spiro atoms. The number of benzene rings is 1. The highest BCUT2D eigenvalue weighted by molar-refractivity contribution is 5.59. The third-order valence-corrected chi connectivity index (χ3v) is 3.74. The Balaban J connectivity index is 2.31. The molecule has 4 nitrogen and oxygen atoms in total. The van der Waals surface area contributed by atoms with Crippen LogP contribution in [0, 0.1) is 0 Å². The predicted octanol–water partition coefficient (Wildman–Crippen LogP) is 3.90. The molecule has 1 aromatic heterocycles. The molecular weight excluding hydrogens is 262 g/mol. The second-order valence-electron chi connectivity index (χ2n) is 6.41. The summed E-state index contributed by atoms with van der Waals surface area (Å²) in [4.78, 5) is 0. The average Bonchev–Trinajstić information content (AvgIpc) is 2.84. The topological polar surface area (TPSA) is 39.1 Å². The van der Waals surface area contributed by atoms with Gasteiger partial charge in [0.25, 0.3) is 0 Å². The van der Waals surface area contributed by atoms with Crippen LogP contribution in [0.1, 0.15) is 45.0 Å².